The van der Waals surface area contributed by atoms with E-state index in [4.69, 9.17) is 4.74 Å². The van der Waals surface area contributed by atoms with E-state index in [1.807, 2.05) is 62.4 Å². The van der Waals surface area contributed by atoms with Crippen LogP contribution in [0, 0.1) is 6.92 Å². The quantitative estimate of drug-likeness (QED) is 0.427. The topological polar surface area (TPSA) is 61.2 Å². The summed E-state index contributed by atoms with van der Waals surface area (Å²) in [6, 6.07) is 16.6. The molecular weight excluding hydrogens is 456 g/mol. The van der Waals surface area contributed by atoms with Crippen molar-refractivity contribution in [1.82, 2.24) is 9.78 Å². The van der Waals surface area contributed by atoms with Crippen LogP contribution in [0.2, 0.25) is 0 Å². The summed E-state index contributed by atoms with van der Waals surface area (Å²) in [6.45, 7) is 3.87. The number of halogens is 1. The fourth-order valence-corrected chi connectivity index (χ4v) is 3.92. The lowest BCUT2D eigenvalue weighted by Crippen LogP contribution is -2.35. The van der Waals surface area contributed by atoms with Crippen LogP contribution >= 0.6 is 15.9 Å². The van der Waals surface area contributed by atoms with E-state index in [1.54, 1.807) is 13.2 Å². The molecule has 1 unspecified atom stereocenters. The van der Waals surface area contributed by atoms with Crippen molar-refractivity contribution in [2.75, 3.05) is 7.11 Å². The normalized spacial score (nSPS) is 11.9. The average molecular weight is 483 g/mol. The number of Topliss-reactive ketones (excluding diaryl/α,β-unsaturated/α-hetero) is 1. The Kier molecular flexibility index (Phi) is 7.80. The predicted molar refractivity (Wildman–Crippen MR) is 126 cm³/mol. The molecule has 3 rings (SSSR count). The van der Waals surface area contributed by atoms with Gasteiger partial charge in [0.05, 0.1) is 12.8 Å². The van der Waals surface area contributed by atoms with Crippen molar-refractivity contribution in [2.45, 2.75) is 45.6 Å². The first-order valence-electron chi connectivity index (χ1n) is 10.4. The highest BCUT2D eigenvalue weighted by molar-refractivity contribution is 9.10. The van der Waals surface area contributed by atoms with E-state index in [0.29, 0.717) is 18.4 Å². The van der Waals surface area contributed by atoms with Crippen molar-refractivity contribution in [2.24, 2.45) is 0 Å². The molecule has 1 heterocycles. The molecule has 31 heavy (non-hydrogen) atoms. The summed E-state index contributed by atoms with van der Waals surface area (Å²) in [5.41, 5.74) is 3.03. The minimum absolute atomic E-state index is 0.00305. The van der Waals surface area contributed by atoms with Gasteiger partial charge in [0.2, 0.25) is 0 Å². The van der Waals surface area contributed by atoms with Gasteiger partial charge < -0.3 is 4.74 Å². The summed E-state index contributed by atoms with van der Waals surface area (Å²) in [7, 11) is 1.62. The number of ether oxygens (including phenoxy) is 1. The van der Waals surface area contributed by atoms with Crippen molar-refractivity contribution in [3.05, 3.63) is 91.8 Å². The van der Waals surface area contributed by atoms with E-state index < -0.39 is 6.04 Å². The molecule has 162 valence electrons. The molecule has 0 N–H and O–H groups in total. The van der Waals surface area contributed by atoms with Crippen LogP contribution in [0.25, 0.3) is 0 Å². The lowest BCUT2D eigenvalue weighted by Gasteiger charge is -2.19. The van der Waals surface area contributed by atoms with Gasteiger partial charge in [-0.1, -0.05) is 53.5 Å². The number of aryl methyl sites for hydroxylation is 1. The lowest BCUT2D eigenvalue weighted by molar-refractivity contribution is -0.122. The van der Waals surface area contributed by atoms with E-state index in [1.165, 1.54) is 4.68 Å². The Labute approximate surface area is 191 Å². The number of hydrogen-bond acceptors (Lipinski definition) is 4. The summed E-state index contributed by atoms with van der Waals surface area (Å²) in [6.07, 6.45) is 2.08. The number of rotatable bonds is 9. The number of carbonyl (C=O) groups excluding carboxylic acids is 1. The standard InChI is InChI=1S/C25H27BrN2O3/c1-4-6-23(24(29)16-18-9-11-21(26)12-10-18)28-25(30)20(13-17(2)27-28)14-19-7-5-8-22(15-19)31-3/h5,7-13,15,23H,4,6,14,16H2,1-3H3. The molecule has 2 aromatic carbocycles. The molecule has 1 atom stereocenters. The predicted octanol–water partition coefficient (Wildman–Crippen LogP) is 5.07. The maximum absolute atomic E-state index is 13.3. The van der Waals surface area contributed by atoms with Gasteiger partial charge in [0, 0.05) is 22.9 Å². The van der Waals surface area contributed by atoms with Crippen LogP contribution in [-0.4, -0.2) is 22.7 Å². The van der Waals surface area contributed by atoms with Crippen molar-refractivity contribution in [3.63, 3.8) is 0 Å². The number of aromatic nitrogens is 2. The monoisotopic (exact) mass is 482 g/mol. The zero-order chi connectivity index (χ0) is 22.4. The Bertz CT molecular complexity index is 1110. The third-order valence-corrected chi connectivity index (χ3v) is 5.71. The van der Waals surface area contributed by atoms with Gasteiger partial charge in [0.25, 0.3) is 5.56 Å². The molecule has 5 nitrogen and oxygen atoms in total. The summed E-state index contributed by atoms with van der Waals surface area (Å²) < 4.78 is 7.66. The highest BCUT2D eigenvalue weighted by Crippen LogP contribution is 2.19. The van der Waals surface area contributed by atoms with E-state index >= 15 is 0 Å². The van der Waals surface area contributed by atoms with Gasteiger partial charge in [-0.25, -0.2) is 4.68 Å². The highest BCUT2D eigenvalue weighted by Gasteiger charge is 2.23. The first-order chi connectivity index (χ1) is 14.9. The van der Waals surface area contributed by atoms with Crippen LogP contribution < -0.4 is 10.3 Å². The molecule has 0 fully saturated rings. The first-order valence-corrected chi connectivity index (χ1v) is 11.2. The Hall–Kier alpha value is -2.73. The molecule has 0 bridgehead atoms. The van der Waals surface area contributed by atoms with Gasteiger partial charge in [-0.05, 0) is 54.8 Å². The van der Waals surface area contributed by atoms with E-state index in [2.05, 4.69) is 21.0 Å². The van der Waals surface area contributed by atoms with Crippen LogP contribution in [-0.2, 0) is 17.6 Å². The largest absolute Gasteiger partial charge is 0.497 e. The van der Waals surface area contributed by atoms with Crippen LogP contribution in [0.3, 0.4) is 0 Å². The van der Waals surface area contributed by atoms with E-state index in [9.17, 15) is 9.59 Å². The molecule has 0 saturated carbocycles. The van der Waals surface area contributed by atoms with Crippen molar-refractivity contribution >= 4 is 21.7 Å². The number of methoxy groups -OCH3 is 1. The number of ketones is 1. The van der Waals surface area contributed by atoms with E-state index in [-0.39, 0.29) is 17.8 Å². The third kappa shape index (κ3) is 5.91. The second-order valence-corrected chi connectivity index (χ2v) is 8.58. The van der Waals surface area contributed by atoms with Gasteiger partial charge in [-0.3, -0.25) is 9.59 Å². The minimum atomic E-state index is -0.579. The molecule has 3 aromatic rings. The SMILES string of the molecule is CCCC(C(=O)Cc1ccc(Br)cc1)n1nc(C)cc(Cc2cccc(OC)c2)c1=O. The Morgan fingerprint density at radius 2 is 1.87 bits per heavy atom. The minimum Gasteiger partial charge on any atom is -0.497 e. The van der Waals surface area contributed by atoms with Crippen LogP contribution in [0.15, 0.2) is 63.9 Å². The molecule has 0 spiro atoms. The number of benzene rings is 2. The molecule has 0 aliphatic heterocycles. The summed E-state index contributed by atoms with van der Waals surface area (Å²) in [5.74, 6) is 0.744. The van der Waals surface area contributed by atoms with Gasteiger partial charge in [-0.15, -0.1) is 0 Å². The van der Waals surface area contributed by atoms with Crippen molar-refractivity contribution in [1.29, 1.82) is 0 Å². The zero-order valence-corrected chi connectivity index (χ0v) is 19.7. The average Bonchev–Trinajstić information content (AvgIpc) is 2.76. The Balaban J connectivity index is 1.93. The van der Waals surface area contributed by atoms with Gasteiger partial charge in [0.1, 0.15) is 11.8 Å². The Morgan fingerprint density at radius 3 is 2.55 bits per heavy atom. The molecule has 0 aliphatic carbocycles. The fourth-order valence-electron chi connectivity index (χ4n) is 3.66. The molecular formula is C25H27BrN2O3. The van der Waals surface area contributed by atoms with Crippen molar-refractivity contribution < 1.29 is 9.53 Å². The zero-order valence-electron chi connectivity index (χ0n) is 18.1. The van der Waals surface area contributed by atoms with Gasteiger partial charge in [0.15, 0.2) is 5.78 Å². The molecule has 0 radical (unpaired) electrons. The summed E-state index contributed by atoms with van der Waals surface area (Å²) >= 11 is 3.42. The molecule has 0 amide bonds. The maximum Gasteiger partial charge on any atom is 0.270 e. The Morgan fingerprint density at radius 1 is 1.13 bits per heavy atom. The van der Waals surface area contributed by atoms with Crippen molar-refractivity contribution in [3.8, 4) is 5.75 Å². The van der Waals surface area contributed by atoms with Crippen LogP contribution in [0.1, 0.15) is 48.2 Å². The van der Waals surface area contributed by atoms with Gasteiger partial charge >= 0.3 is 0 Å². The maximum atomic E-state index is 13.3. The van der Waals surface area contributed by atoms with E-state index in [0.717, 1.165) is 33.5 Å². The van der Waals surface area contributed by atoms with Gasteiger partial charge in [-0.2, -0.15) is 5.10 Å². The highest BCUT2D eigenvalue weighted by atomic mass is 79.9. The number of hydrogen-bond donors (Lipinski definition) is 0. The summed E-state index contributed by atoms with van der Waals surface area (Å²) in [4.78, 5) is 26.5. The number of nitrogens with zero attached hydrogens (tertiary/aromatic N) is 2. The molecule has 6 heteroatoms. The molecule has 0 saturated heterocycles. The fraction of sp³-hybridized carbons (Fsp3) is 0.320. The second-order valence-electron chi connectivity index (χ2n) is 7.66. The van der Waals surface area contributed by atoms with Crippen LogP contribution in [0.4, 0.5) is 0 Å². The third-order valence-electron chi connectivity index (χ3n) is 5.18. The number of carbonyl (C=O) groups is 1. The molecule has 0 aliphatic rings. The molecule has 1 aromatic heterocycles. The lowest BCUT2D eigenvalue weighted by atomic mass is 10.00. The first kappa shape index (κ1) is 22.9. The smallest absolute Gasteiger partial charge is 0.270 e. The summed E-state index contributed by atoms with van der Waals surface area (Å²) in [5, 5.41) is 4.46. The van der Waals surface area contributed by atoms with Crippen LogP contribution in [0.5, 0.6) is 5.75 Å². The second kappa shape index (κ2) is 10.5.